The van der Waals surface area contributed by atoms with Crippen molar-refractivity contribution in [2.75, 3.05) is 52.5 Å². The van der Waals surface area contributed by atoms with Crippen LogP contribution >= 0.6 is 11.9 Å². The quantitative estimate of drug-likeness (QED) is 0.464. The number of alkyl halides is 1. The molecule has 0 aromatic rings. The van der Waals surface area contributed by atoms with Crippen LogP contribution in [0, 0.1) is 17.8 Å². The van der Waals surface area contributed by atoms with Crippen molar-refractivity contribution >= 4 is 17.9 Å². The summed E-state index contributed by atoms with van der Waals surface area (Å²) in [5, 5.41) is 14.8. The fourth-order valence-corrected chi connectivity index (χ4v) is 8.44. The van der Waals surface area contributed by atoms with Gasteiger partial charge in [0.15, 0.2) is 0 Å². The highest BCUT2D eigenvalue weighted by Gasteiger charge is 2.48. The number of amides is 1. The molecule has 2 saturated heterocycles. The van der Waals surface area contributed by atoms with Gasteiger partial charge in [0, 0.05) is 43.9 Å². The number of nitrogens with one attached hydrogen (secondary N) is 1. The van der Waals surface area contributed by atoms with Gasteiger partial charge in [0.1, 0.15) is 12.3 Å². The Bertz CT molecular complexity index is 782. The van der Waals surface area contributed by atoms with Crippen molar-refractivity contribution in [2.45, 2.75) is 61.8 Å². The molecular weight excluding hydrogens is 445 g/mol. The summed E-state index contributed by atoms with van der Waals surface area (Å²) in [4.78, 5) is 15.0. The lowest BCUT2D eigenvalue weighted by Gasteiger charge is -2.39. The van der Waals surface area contributed by atoms with E-state index < -0.39 is 12.3 Å². The number of fused-ring (bicyclic) bond motifs is 2. The number of nitrogens with zero attached hydrogens (tertiary/aromatic N) is 2. The standard InChI is InChI=1S/C24H36FN3O4S/c25-20-3-2-17(18-8-26-9-19(18)20)23(29)24(30)27-10-14-12-28(13-15(14)11-27)33-16-1-4-21-22(7-16)32-6-5-31-21/h16-23,26,29H,1-13H2. The fourth-order valence-electron chi connectivity index (χ4n) is 7.04. The Morgan fingerprint density at radius 2 is 1.73 bits per heavy atom. The summed E-state index contributed by atoms with van der Waals surface area (Å²) in [6.07, 6.45) is 3.03. The number of hydrogen-bond donors (Lipinski definition) is 2. The lowest BCUT2D eigenvalue weighted by atomic mass is 9.70. The van der Waals surface area contributed by atoms with E-state index in [1.54, 1.807) is 0 Å². The van der Waals surface area contributed by atoms with Gasteiger partial charge in [-0.3, -0.25) is 4.79 Å². The van der Waals surface area contributed by atoms with Crippen molar-refractivity contribution in [1.82, 2.24) is 14.5 Å². The van der Waals surface area contributed by atoms with Crippen LogP contribution in [0.2, 0.25) is 0 Å². The molecule has 4 aliphatic heterocycles. The molecule has 0 spiro atoms. The molecule has 6 rings (SSSR count). The van der Waals surface area contributed by atoms with E-state index in [0.717, 1.165) is 39.0 Å². The third kappa shape index (κ3) is 4.38. The van der Waals surface area contributed by atoms with Crippen molar-refractivity contribution in [2.24, 2.45) is 17.8 Å². The molecule has 8 atom stereocenters. The molecule has 2 saturated carbocycles. The first-order valence-electron chi connectivity index (χ1n) is 12.7. The maximum absolute atomic E-state index is 14.3. The zero-order valence-corrected chi connectivity index (χ0v) is 20.0. The minimum atomic E-state index is -1.01. The SMILES string of the molecule is O=C(C(O)C1CCC(F)C2CNCC21)N1CC2=C(CN(SC3CCC4OCCOC4C3)C2)C1. The van der Waals surface area contributed by atoms with E-state index in [1.807, 2.05) is 16.8 Å². The topological polar surface area (TPSA) is 74.3 Å². The van der Waals surface area contributed by atoms with Gasteiger partial charge >= 0.3 is 0 Å². The maximum atomic E-state index is 14.3. The van der Waals surface area contributed by atoms with Crippen LogP contribution in [-0.2, 0) is 14.3 Å². The van der Waals surface area contributed by atoms with E-state index in [2.05, 4.69) is 9.62 Å². The second-order valence-electron chi connectivity index (χ2n) is 10.7. The molecule has 0 radical (unpaired) electrons. The second kappa shape index (κ2) is 9.39. The van der Waals surface area contributed by atoms with E-state index in [-0.39, 0.29) is 35.9 Å². The highest BCUT2D eigenvalue weighted by molar-refractivity contribution is 7.97. The van der Waals surface area contributed by atoms with Gasteiger partial charge in [0.05, 0.1) is 25.4 Å². The first-order valence-corrected chi connectivity index (χ1v) is 13.6. The zero-order chi connectivity index (χ0) is 22.5. The summed E-state index contributed by atoms with van der Waals surface area (Å²) in [7, 11) is 0. The van der Waals surface area contributed by atoms with E-state index in [1.165, 1.54) is 11.1 Å². The van der Waals surface area contributed by atoms with Gasteiger partial charge in [-0.2, -0.15) is 0 Å². The van der Waals surface area contributed by atoms with Crippen LogP contribution in [0.15, 0.2) is 11.1 Å². The monoisotopic (exact) mass is 481 g/mol. The Balaban J connectivity index is 0.996. The van der Waals surface area contributed by atoms with Crippen LogP contribution < -0.4 is 5.32 Å². The number of hydrogen-bond acceptors (Lipinski definition) is 7. The van der Waals surface area contributed by atoms with Crippen molar-refractivity contribution in [3.8, 4) is 0 Å². The van der Waals surface area contributed by atoms with Crippen LogP contribution in [0.25, 0.3) is 0 Å². The molecule has 6 aliphatic rings. The van der Waals surface area contributed by atoms with Crippen LogP contribution in [0.5, 0.6) is 0 Å². The lowest BCUT2D eigenvalue weighted by Crippen LogP contribution is -2.48. The minimum Gasteiger partial charge on any atom is -0.383 e. The molecule has 2 aliphatic carbocycles. The molecule has 1 amide bonds. The van der Waals surface area contributed by atoms with Crippen molar-refractivity contribution in [3.05, 3.63) is 11.1 Å². The summed E-state index contributed by atoms with van der Waals surface area (Å²) < 4.78 is 28.5. The molecule has 9 heteroatoms. The van der Waals surface area contributed by atoms with Gasteiger partial charge in [-0.15, -0.1) is 0 Å². The van der Waals surface area contributed by atoms with Crippen molar-refractivity contribution in [1.29, 1.82) is 0 Å². The average Bonchev–Trinajstić information content (AvgIpc) is 3.54. The number of rotatable bonds is 4. The molecule has 0 aromatic heterocycles. The number of carbonyl (C=O) groups is 1. The Labute approximate surface area is 199 Å². The largest absolute Gasteiger partial charge is 0.383 e. The Morgan fingerprint density at radius 3 is 2.52 bits per heavy atom. The van der Waals surface area contributed by atoms with E-state index in [0.29, 0.717) is 50.9 Å². The Hall–Kier alpha value is -0.710. The maximum Gasteiger partial charge on any atom is 0.252 e. The number of carbonyl (C=O) groups excluding carboxylic acids is 1. The van der Waals surface area contributed by atoms with Gasteiger partial charge in [-0.1, -0.05) is 11.9 Å². The van der Waals surface area contributed by atoms with Gasteiger partial charge in [0.25, 0.3) is 5.91 Å². The van der Waals surface area contributed by atoms with Crippen LogP contribution in [0.1, 0.15) is 32.1 Å². The minimum absolute atomic E-state index is 0.0564. The molecule has 8 unspecified atom stereocenters. The molecule has 33 heavy (non-hydrogen) atoms. The Morgan fingerprint density at radius 1 is 1.00 bits per heavy atom. The molecule has 2 N–H and O–H groups in total. The molecule has 7 nitrogen and oxygen atoms in total. The highest BCUT2D eigenvalue weighted by Crippen LogP contribution is 2.42. The van der Waals surface area contributed by atoms with Crippen molar-refractivity contribution in [3.63, 3.8) is 0 Å². The molecule has 4 heterocycles. The van der Waals surface area contributed by atoms with Gasteiger partial charge in [0.2, 0.25) is 0 Å². The highest BCUT2D eigenvalue weighted by atomic mass is 32.2. The average molecular weight is 482 g/mol. The first-order chi connectivity index (χ1) is 16.1. The van der Waals surface area contributed by atoms with Gasteiger partial charge in [-0.05, 0) is 61.6 Å². The predicted molar refractivity (Wildman–Crippen MR) is 123 cm³/mol. The van der Waals surface area contributed by atoms with E-state index in [9.17, 15) is 14.3 Å². The van der Waals surface area contributed by atoms with Crippen LogP contribution in [0.3, 0.4) is 0 Å². The molecule has 0 aromatic carbocycles. The number of aliphatic hydroxyl groups excluding tert-OH is 1. The normalized spacial score (nSPS) is 42.2. The summed E-state index contributed by atoms with van der Waals surface area (Å²) in [6, 6.07) is 0. The third-order valence-corrected chi connectivity index (χ3v) is 10.1. The lowest BCUT2D eigenvalue weighted by molar-refractivity contribution is -0.152. The fraction of sp³-hybridized carbons (Fsp3) is 0.875. The first kappa shape index (κ1) is 22.7. The summed E-state index contributed by atoms with van der Waals surface area (Å²) in [5.74, 6) is -0.285. The molecule has 0 bridgehead atoms. The number of ether oxygens (including phenoxy) is 2. The number of halogens is 1. The summed E-state index contributed by atoms with van der Waals surface area (Å²) in [5.41, 5.74) is 2.67. The van der Waals surface area contributed by atoms with E-state index >= 15 is 0 Å². The Kier molecular flexibility index (Phi) is 6.47. The van der Waals surface area contributed by atoms with Crippen LogP contribution in [-0.4, -0.2) is 102 Å². The third-order valence-electron chi connectivity index (χ3n) is 8.80. The summed E-state index contributed by atoms with van der Waals surface area (Å²) >= 11 is 1.95. The molecular formula is C24H36FN3O4S. The predicted octanol–water partition coefficient (Wildman–Crippen LogP) is 1.37. The smallest absolute Gasteiger partial charge is 0.252 e. The van der Waals surface area contributed by atoms with E-state index in [4.69, 9.17) is 9.47 Å². The summed E-state index contributed by atoms with van der Waals surface area (Å²) in [6.45, 7) is 5.84. The van der Waals surface area contributed by atoms with Gasteiger partial charge in [-0.25, -0.2) is 8.70 Å². The number of aliphatic hydroxyl groups is 1. The van der Waals surface area contributed by atoms with Crippen molar-refractivity contribution < 1.29 is 23.8 Å². The van der Waals surface area contributed by atoms with Crippen LogP contribution in [0.4, 0.5) is 4.39 Å². The van der Waals surface area contributed by atoms with Gasteiger partial charge < -0.3 is 24.8 Å². The molecule has 4 fully saturated rings. The zero-order valence-electron chi connectivity index (χ0n) is 19.2. The molecule has 184 valence electrons. The second-order valence-corrected chi connectivity index (χ2v) is 12.1.